The zero-order valence-electron chi connectivity index (χ0n) is 14.0. The highest BCUT2D eigenvalue weighted by Gasteiger charge is 2.41. The first kappa shape index (κ1) is 16.3. The van der Waals surface area contributed by atoms with Crippen LogP contribution in [-0.4, -0.2) is 48.4 Å². The third kappa shape index (κ3) is 2.70. The molecule has 2 aliphatic heterocycles. The number of methoxy groups -OCH3 is 1. The molecule has 5 heteroatoms. The van der Waals surface area contributed by atoms with E-state index in [-0.39, 0.29) is 18.4 Å². The van der Waals surface area contributed by atoms with Crippen molar-refractivity contribution in [3.63, 3.8) is 0 Å². The van der Waals surface area contributed by atoms with Gasteiger partial charge in [-0.15, -0.1) is 6.58 Å². The lowest BCUT2D eigenvalue weighted by Crippen LogP contribution is -2.37. The Hall–Kier alpha value is -2.56. The highest BCUT2D eigenvalue weighted by Crippen LogP contribution is 2.36. The van der Waals surface area contributed by atoms with E-state index in [0.29, 0.717) is 22.6 Å². The van der Waals surface area contributed by atoms with Crippen LogP contribution in [0.15, 0.2) is 42.6 Å². The molecule has 0 N–H and O–H groups in total. The largest absolute Gasteiger partial charge is 0.496 e. The Labute approximate surface area is 142 Å². The van der Waals surface area contributed by atoms with Crippen LogP contribution in [0.5, 0.6) is 5.75 Å². The SMILES string of the molecule is C=CCN1C(=O)C(c2ccccc2OC)=C(N2CCCCC2)C1=O. The number of piperidine rings is 1. The number of carbonyl (C=O) groups excluding carboxylic acids is 2. The molecular weight excluding hydrogens is 304 g/mol. The van der Waals surface area contributed by atoms with Crippen molar-refractivity contribution >= 4 is 17.4 Å². The molecule has 3 rings (SSSR count). The van der Waals surface area contributed by atoms with E-state index in [9.17, 15) is 9.59 Å². The van der Waals surface area contributed by atoms with Crippen molar-refractivity contribution in [3.8, 4) is 5.75 Å². The van der Waals surface area contributed by atoms with Gasteiger partial charge < -0.3 is 9.64 Å². The van der Waals surface area contributed by atoms with E-state index in [4.69, 9.17) is 4.74 Å². The number of para-hydroxylation sites is 1. The van der Waals surface area contributed by atoms with Crippen LogP contribution < -0.4 is 4.74 Å². The van der Waals surface area contributed by atoms with Crippen molar-refractivity contribution in [2.24, 2.45) is 0 Å². The Morgan fingerprint density at radius 3 is 2.50 bits per heavy atom. The van der Waals surface area contributed by atoms with Gasteiger partial charge in [-0.1, -0.05) is 24.3 Å². The van der Waals surface area contributed by atoms with E-state index in [0.717, 1.165) is 32.4 Å². The first-order chi connectivity index (χ1) is 11.7. The fourth-order valence-electron chi connectivity index (χ4n) is 3.36. The standard InChI is InChI=1S/C19H22N2O3/c1-3-11-21-18(22)16(14-9-5-6-10-15(14)24-2)17(19(21)23)20-12-7-4-8-13-20/h3,5-6,9-10H,1,4,7-8,11-13H2,2H3. The molecule has 0 aliphatic carbocycles. The summed E-state index contributed by atoms with van der Waals surface area (Å²) in [5.74, 6) is 0.0938. The normalized spacial score (nSPS) is 18.4. The summed E-state index contributed by atoms with van der Waals surface area (Å²) in [7, 11) is 1.57. The quantitative estimate of drug-likeness (QED) is 0.616. The Kier molecular flexibility index (Phi) is 4.69. The minimum Gasteiger partial charge on any atom is -0.496 e. The topological polar surface area (TPSA) is 49.9 Å². The van der Waals surface area contributed by atoms with Gasteiger partial charge in [-0.2, -0.15) is 0 Å². The van der Waals surface area contributed by atoms with E-state index >= 15 is 0 Å². The van der Waals surface area contributed by atoms with Crippen LogP contribution in [0.2, 0.25) is 0 Å². The molecule has 2 amide bonds. The zero-order chi connectivity index (χ0) is 17.1. The fourth-order valence-corrected chi connectivity index (χ4v) is 3.36. The third-order valence-electron chi connectivity index (χ3n) is 4.50. The van der Waals surface area contributed by atoms with E-state index in [2.05, 4.69) is 11.5 Å². The van der Waals surface area contributed by atoms with Gasteiger partial charge in [0.25, 0.3) is 11.8 Å². The first-order valence-electron chi connectivity index (χ1n) is 8.28. The molecule has 0 atom stereocenters. The molecule has 2 heterocycles. The lowest BCUT2D eigenvalue weighted by Gasteiger charge is -2.29. The number of nitrogens with zero attached hydrogens (tertiary/aromatic N) is 2. The molecule has 126 valence electrons. The molecule has 1 aromatic carbocycles. The van der Waals surface area contributed by atoms with Gasteiger partial charge in [0, 0.05) is 25.2 Å². The number of imide groups is 1. The summed E-state index contributed by atoms with van der Waals surface area (Å²) < 4.78 is 5.42. The smallest absolute Gasteiger partial charge is 0.278 e. The molecule has 0 bridgehead atoms. The number of hydrogen-bond donors (Lipinski definition) is 0. The summed E-state index contributed by atoms with van der Waals surface area (Å²) in [5, 5.41) is 0. The second-order valence-electron chi connectivity index (χ2n) is 5.98. The molecule has 1 fully saturated rings. The molecule has 0 radical (unpaired) electrons. The molecule has 0 spiro atoms. The van der Waals surface area contributed by atoms with Crippen molar-refractivity contribution in [2.45, 2.75) is 19.3 Å². The Bertz CT molecular complexity index is 702. The highest BCUT2D eigenvalue weighted by atomic mass is 16.5. The van der Waals surface area contributed by atoms with E-state index in [1.807, 2.05) is 24.3 Å². The fraction of sp³-hybridized carbons (Fsp3) is 0.368. The van der Waals surface area contributed by atoms with Gasteiger partial charge in [-0.25, -0.2) is 0 Å². The zero-order valence-corrected chi connectivity index (χ0v) is 14.0. The number of rotatable bonds is 5. The van der Waals surface area contributed by atoms with Crippen LogP contribution in [0.1, 0.15) is 24.8 Å². The average Bonchev–Trinajstić information content (AvgIpc) is 2.87. The summed E-state index contributed by atoms with van der Waals surface area (Å²) >= 11 is 0. The minimum atomic E-state index is -0.273. The summed E-state index contributed by atoms with van der Waals surface area (Å²) in [6, 6.07) is 7.35. The molecule has 1 aromatic rings. The third-order valence-corrected chi connectivity index (χ3v) is 4.50. The van der Waals surface area contributed by atoms with Crippen LogP contribution in [0, 0.1) is 0 Å². The van der Waals surface area contributed by atoms with Crippen molar-refractivity contribution in [2.75, 3.05) is 26.7 Å². The number of hydrogen-bond acceptors (Lipinski definition) is 4. The monoisotopic (exact) mass is 326 g/mol. The summed E-state index contributed by atoms with van der Waals surface area (Å²) in [6.07, 6.45) is 4.80. The van der Waals surface area contributed by atoms with Crippen LogP contribution in [0.3, 0.4) is 0 Å². The number of ether oxygens (including phenoxy) is 1. The highest BCUT2D eigenvalue weighted by molar-refractivity contribution is 6.36. The van der Waals surface area contributed by atoms with Crippen molar-refractivity contribution in [3.05, 3.63) is 48.2 Å². The summed E-state index contributed by atoms with van der Waals surface area (Å²) in [5.41, 5.74) is 1.62. The van der Waals surface area contributed by atoms with Gasteiger partial charge in [0.1, 0.15) is 11.4 Å². The minimum absolute atomic E-state index is 0.216. The van der Waals surface area contributed by atoms with Crippen molar-refractivity contribution in [1.29, 1.82) is 0 Å². The van der Waals surface area contributed by atoms with Crippen LogP contribution in [0.4, 0.5) is 0 Å². The molecule has 1 saturated heterocycles. The van der Waals surface area contributed by atoms with Crippen LogP contribution in [-0.2, 0) is 9.59 Å². The van der Waals surface area contributed by atoms with Gasteiger partial charge >= 0.3 is 0 Å². The molecule has 0 aromatic heterocycles. The Balaban J connectivity index is 2.13. The van der Waals surface area contributed by atoms with Gasteiger partial charge in [0.05, 0.1) is 12.7 Å². The second kappa shape index (κ2) is 6.91. The van der Waals surface area contributed by atoms with Crippen molar-refractivity contribution in [1.82, 2.24) is 9.80 Å². The van der Waals surface area contributed by atoms with Gasteiger partial charge in [0.15, 0.2) is 0 Å². The lowest BCUT2D eigenvalue weighted by atomic mass is 10.0. The maximum atomic E-state index is 12.9. The van der Waals surface area contributed by atoms with Gasteiger partial charge in [0.2, 0.25) is 0 Å². The van der Waals surface area contributed by atoms with Crippen molar-refractivity contribution < 1.29 is 14.3 Å². The molecule has 5 nitrogen and oxygen atoms in total. The Morgan fingerprint density at radius 2 is 1.83 bits per heavy atom. The molecule has 24 heavy (non-hydrogen) atoms. The number of benzene rings is 1. The molecule has 0 saturated carbocycles. The van der Waals surface area contributed by atoms with E-state index < -0.39 is 0 Å². The van der Waals surface area contributed by atoms with E-state index in [1.165, 1.54) is 4.90 Å². The number of carbonyl (C=O) groups is 2. The molecular formula is C19H22N2O3. The summed E-state index contributed by atoms with van der Waals surface area (Å²) in [6.45, 7) is 5.48. The van der Waals surface area contributed by atoms with Crippen LogP contribution in [0.25, 0.3) is 5.57 Å². The predicted molar refractivity (Wildman–Crippen MR) is 92.3 cm³/mol. The lowest BCUT2D eigenvalue weighted by molar-refractivity contribution is -0.136. The average molecular weight is 326 g/mol. The molecule has 0 unspecified atom stereocenters. The second-order valence-corrected chi connectivity index (χ2v) is 5.98. The maximum absolute atomic E-state index is 12.9. The van der Waals surface area contributed by atoms with Crippen LogP contribution >= 0.6 is 0 Å². The van der Waals surface area contributed by atoms with Gasteiger partial charge in [-0.3, -0.25) is 14.5 Å². The van der Waals surface area contributed by atoms with Gasteiger partial charge in [-0.05, 0) is 25.3 Å². The van der Waals surface area contributed by atoms with E-state index in [1.54, 1.807) is 13.2 Å². The maximum Gasteiger partial charge on any atom is 0.278 e. The first-order valence-corrected chi connectivity index (χ1v) is 8.28. The number of amides is 2. The summed E-state index contributed by atoms with van der Waals surface area (Å²) in [4.78, 5) is 29.2. The predicted octanol–water partition coefficient (Wildman–Crippen LogP) is 2.45. The Morgan fingerprint density at radius 1 is 1.12 bits per heavy atom. The molecule has 2 aliphatic rings. The number of likely N-dealkylation sites (tertiary alicyclic amines) is 1.